The standard InChI is InChI=1S/C29H28Br2N4O8/c1-2-42-20(37)4-3-13-34-27(40)23-26(35(29(34)41)28-25(39)24(38)19(14-36)43-28)33-22(16-7-11-18(31)12-8-16)21(32-23)15-5-9-17(30)10-6-15/h5-12,19,24-25,28,36,38-39H,2-4,13-14H2,1H3/t19-,24-,25-,28-/m1/s1. The van der Waals surface area contributed by atoms with Crippen LogP contribution in [0, 0.1) is 0 Å². The molecule has 2 aromatic carbocycles. The van der Waals surface area contributed by atoms with Gasteiger partial charge in [0.2, 0.25) is 0 Å². The Hall–Kier alpha value is -3.27. The van der Waals surface area contributed by atoms with Crippen LogP contribution in [0.5, 0.6) is 0 Å². The number of nitrogens with zero attached hydrogens (tertiary/aromatic N) is 4. The second-order valence-corrected chi connectivity index (χ2v) is 11.7. The zero-order valence-electron chi connectivity index (χ0n) is 22.9. The fraction of sp³-hybridized carbons (Fsp3) is 0.345. The van der Waals surface area contributed by atoms with Gasteiger partial charge in [-0.25, -0.2) is 19.3 Å². The number of ether oxygens (including phenoxy) is 2. The van der Waals surface area contributed by atoms with Crippen molar-refractivity contribution in [1.82, 2.24) is 19.1 Å². The van der Waals surface area contributed by atoms with Crippen molar-refractivity contribution in [3.05, 3.63) is 78.3 Å². The number of hydrogen-bond donors (Lipinski definition) is 3. The minimum absolute atomic E-state index is 0.0378. The summed E-state index contributed by atoms with van der Waals surface area (Å²) >= 11 is 6.86. The molecule has 0 aliphatic carbocycles. The molecular weight excluding hydrogens is 692 g/mol. The lowest BCUT2D eigenvalue weighted by molar-refractivity contribution is -0.143. The molecule has 0 saturated carbocycles. The lowest BCUT2D eigenvalue weighted by atomic mass is 10.0. The maximum Gasteiger partial charge on any atom is 0.334 e. The number of esters is 1. The molecule has 1 aliphatic heterocycles. The van der Waals surface area contributed by atoms with Gasteiger partial charge in [-0.2, -0.15) is 0 Å². The predicted octanol–water partition coefficient (Wildman–Crippen LogP) is 2.77. The van der Waals surface area contributed by atoms with E-state index < -0.39 is 48.4 Å². The van der Waals surface area contributed by atoms with Crippen LogP contribution in [-0.4, -0.2) is 71.9 Å². The fourth-order valence-corrected chi connectivity index (χ4v) is 5.45. The first-order chi connectivity index (χ1) is 20.6. The lowest BCUT2D eigenvalue weighted by Gasteiger charge is -2.22. The number of carbonyl (C=O) groups excluding carboxylic acids is 1. The summed E-state index contributed by atoms with van der Waals surface area (Å²) in [5.41, 5.74) is -0.00417. The van der Waals surface area contributed by atoms with Gasteiger partial charge in [0, 0.05) is 33.0 Å². The van der Waals surface area contributed by atoms with Gasteiger partial charge in [0.15, 0.2) is 17.4 Å². The van der Waals surface area contributed by atoms with Crippen molar-refractivity contribution in [3.8, 4) is 22.5 Å². The second-order valence-electron chi connectivity index (χ2n) is 9.85. The Bertz CT molecular complexity index is 1760. The third-order valence-electron chi connectivity index (χ3n) is 7.07. The first kappa shape index (κ1) is 31.2. The minimum atomic E-state index is -1.63. The first-order valence-corrected chi connectivity index (χ1v) is 15.1. The number of halogens is 2. The summed E-state index contributed by atoms with van der Waals surface area (Å²) in [6.45, 7) is 1.09. The SMILES string of the molecule is CCOC(=O)CCCn1c(=O)c2nc(-c3ccc(Br)cc3)c(-c3ccc(Br)cc3)nc2n([C@@H]2O[C@H](CO)[C@@H](O)[C@H]2O)c1=O. The Kier molecular flexibility index (Phi) is 9.54. The third kappa shape index (κ3) is 6.21. The highest BCUT2D eigenvalue weighted by atomic mass is 79.9. The Balaban J connectivity index is 1.78. The molecule has 4 atom stereocenters. The number of hydrogen-bond acceptors (Lipinski definition) is 10. The highest BCUT2D eigenvalue weighted by Gasteiger charge is 2.45. The van der Waals surface area contributed by atoms with Gasteiger partial charge in [-0.1, -0.05) is 56.1 Å². The maximum absolute atomic E-state index is 13.9. The number of fused-ring (bicyclic) bond motifs is 1. The molecule has 4 aromatic rings. The van der Waals surface area contributed by atoms with Gasteiger partial charge in [-0.05, 0) is 37.6 Å². The quantitative estimate of drug-likeness (QED) is 0.219. The van der Waals surface area contributed by atoms with E-state index in [9.17, 15) is 29.7 Å². The van der Waals surface area contributed by atoms with Crippen LogP contribution in [0.2, 0.25) is 0 Å². The predicted molar refractivity (Wildman–Crippen MR) is 163 cm³/mol. The second kappa shape index (κ2) is 13.2. The molecule has 0 bridgehead atoms. The molecule has 3 heterocycles. The summed E-state index contributed by atoms with van der Waals surface area (Å²) in [4.78, 5) is 49.2. The minimum Gasteiger partial charge on any atom is -0.466 e. The Morgan fingerprint density at radius 1 is 0.953 bits per heavy atom. The van der Waals surface area contributed by atoms with E-state index in [0.717, 1.165) is 18.1 Å². The van der Waals surface area contributed by atoms with E-state index in [1.807, 2.05) is 36.4 Å². The molecule has 12 nitrogen and oxygen atoms in total. The average Bonchev–Trinajstić information content (AvgIpc) is 3.28. The van der Waals surface area contributed by atoms with Crippen molar-refractivity contribution in [2.45, 2.75) is 50.8 Å². The highest BCUT2D eigenvalue weighted by molar-refractivity contribution is 9.10. The van der Waals surface area contributed by atoms with Crippen LogP contribution in [0.15, 0.2) is 67.1 Å². The van der Waals surface area contributed by atoms with Gasteiger partial charge in [-0.3, -0.25) is 14.2 Å². The normalized spacial score (nSPS) is 20.0. The van der Waals surface area contributed by atoms with Crippen LogP contribution in [0.1, 0.15) is 26.0 Å². The van der Waals surface area contributed by atoms with E-state index in [0.29, 0.717) is 22.5 Å². The van der Waals surface area contributed by atoms with E-state index in [2.05, 4.69) is 31.9 Å². The molecule has 0 radical (unpaired) electrons. The Labute approximate surface area is 261 Å². The van der Waals surface area contributed by atoms with E-state index in [1.54, 1.807) is 19.1 Å². The smallest absolute Gasteiger partial charge is 0.334 e. The molecule has 226 valence electrons. The van der Waals surface area contributed by atoms with Crippen molar-refractivity contribution in [3.63, 3.8) is 0 Å². The largest absolute Gasteiger partial charge is 0.466 e. The van der Waals surface area contributed by atoms with Crippen LogP contribution in [0.25, 0.3) is 33.7 Å². The zero-order chi connectivity index (χ0) is 30.8. The summed E-state index contributed by atoms with van der Waals surface area (Å²) in [6, 6.07) is 14.5. The van der Waals surface area contributed by atoms with Gasteiger partial charge < -0.3 is 24.8 Å². The number of rotatable bonds is 9. The summed E-state index contributed by atoms with van der Waals surface area (Å²) in [5.74, 6) is -0.475. The average molecular weight is 720 g/mol. The summed E-state index contributed by atoms with van der Waals surface area (Å²) < 4.78 is 14.2. The van der Waals surface area contributed by atoms with Crippen molar-refractivity contribution in [2.75, 3.05) is 13.2 Å². The fourth-order valence-electron chi connectivity index (χ4n) is 4.93. The lowest BCUT2D eigenvalue weighted by Crippen LogP contribution is -2.44. The van der Waals surface area contributed by atoms with E-state index in [-0.39, 0.29) is 37.2 Å². The number of carbonyl (C=O) groups is 1. The van der Waals surface area contributed by atoms with Crippen molar-refractivity contribution in [2.24, 2.45) is 0 Å². The number of benzene rings is 2. The monoisotopic (exact) mass is 718 g/mol. The molecule has 1 fully saturated rings. The number of aliphatic hydroxyl groups excluding tert-OH is 3. The summed E-state index contributed by atoms with van der Waals surface area (Å²) in [6.07, 6.45) is -5.75. The molecule has 0 spiro atoms. The van der Waals surface area contributed by atoms with E-state index in [1.165, 1.54) is 0 Å². The summed E-state index contributed by atoms with van der Waals surface area (Å²) in [7, 11) is 0. The maximum atomic E-state index is 13.9. The van der Waals surface area contributed by atoms with Crippen molar-refractivity contribution >= 4 is 49.0 Å². The molecular formula is C29H28Br2N4O8. The van der Waals surface area contributed by atoms with Gasteiger partial charge in [-0.15, -0.1) is 0 Å². The summed E-state index contributed by atoms with van der Waals surface area (Å²) in [5, 5.41) is 31.1. The third-order valence-corrected chi connectivity index (χ3v) is 8.12. The molecule has 5 rings (SSSR count). The molecule has 0 amide bonds. The van der Waals surface area contributed by atoms with E-state index in [4.69, 9.17) is 19.4 Å². The van der Waals surface area contributed by atoms with Crippen molar-refractivity contribution < 1.29 is 29.6 Å². The molecule has 14 heteroatoms. The molecule has 1 aliphatic rings. The van der Waals surface area contributed by atoms with Crippen molar-refractivity contribution in [1.29, 1.82) is 0 Å². The Morgan fingerprint density at radius 3 is 2.07 bits per heavy atom. The highest BCUT2D eigenvalue weighted by Crippen LogP contribution is 2.34. The topological polar surface area (TPSA) is 166 Å². The zero-order valence-corrected chi connectivity index (χ0v) is 26.1. The van der Waals surface area contributed by atoms with Crippen LogP contribution in [-0.2, 0) is 20.8 Å². The molecule has 43 heavy (non-hydrogen) atoms. The molecule has 3 N–H and O–H groups in total. The number of aromatic nitrogens is 4. The van der Waals surface area contributed by atoms with Gasteiger partial charge in [0.1, 0.15) is 18.3 Å². The van der Waals surface area contributed by atoms with Gasteiger partial charge >= 0.3 is 11.7 Å². The number of aliphatic hydroxyl groups is 3. The molecule has 1 saturated heterocycles. The first-order valence-electron chi connectivity index (χ1n) is 13.5. The van der Waals surface area contributed by atoms with Crippen LogP contribution < -0.4 is 11.2 Å². The van der Waals surface area contributed by atoms with Gasteiger partial charge in [0.25, 0.3) is 5.56 Å². The van der Waals surface area contributed by atoms with Gasteiger partial charge in [0.05, 0.1) is 24.6 Å². The van der Waals surface area contributed by atoms with Crippen LogP contribution in [0.3, 0.4) is 0 Å². The molecule has 0 unspecified atom stereocenters. The van der Waals surface area contributed by atoms with Crippen LogP contribution >= 0.6 is 31.9 Å². The van der Waals surface area contributed by atoms with E-state index >= 15 is 0 Å². The Morgan fingerprint density at radius 2 is 1.53 bits per heavy atom. The van der Waals surface area contributed by atoms with Crippen LogP contribution in [0.4, 0.5) is 0 Å². The molecule has 2 aromatic heterocycles.